The minimum absolute atomic E-state index is 0.0230. The lowest BCUT2D eigenvalue weighted by Gasteiger charge is -2.00. The van der Waals surface area contributed by atoms with Gasteiger partial charge >= 0.3 is 0 Å². The minimum Gasteiger partial charge on any atom is -0.390 e. The van der Waals surface area contributed by atoms with Crippen molar-refractivity contribution < 1.29 is 5.11 Å². The fourth-order valence-electron chi connectivity index (χ4n) is 1.83. The number of aromatic nitrogens is 2. The lowest BCUT2D eigenvalue weighted by molar-refractivity contribution is 0.276. The molecule has 0 fully saturated rings. The number of imidazole rings is 1. The average molecular weight is 309 g/mol. The van der Waals surface area contributed by atoms with Crippen molar-refractivity contribution in [2.24, 2.45) is 0 Å². The molecule has 3 aromatic rings. The molecule has 0 saturated heterocycles. The van der Waals surface area contributed by atoms with Crippen molar-refractivity contribution in [2.45, 2.75) is 6.61 Å². The minimum atomic E-state index is -0.0230. The molecule has 0 atom stereocenters. The number of hydrogen-bond acceptors (Lipinski definition) is 3. The van der Waals surface area contributed by atoms with Gasteiger partial charge in [0.1, 0.15) is 11.3 Å². The molecular weight excluding hydrogens is 300 g/mol. The summed E-state index contributed by atoms with van der Waals surface area (Å²) in [7, 11) is 0. The first kappa shape index (κ1) is 11.0. The topological polar surface area (TPSA) is 37.5 Å². The number of pyridine rings is 1. The van der Waals surface area contributed by atoms with Crippen molar-refractivity contribution in [1.82, 2.24) is 9.38 Å². The summed E-state index contributed by atoms with van der Waals surface area (Å²) in [6.07, 6.45) is 1.92. The van der Waals surface area contributed by atoms with Gasteiger partial charge in [-0.1, -0.05) is 6.07 Å². The van der Waals surface area contributed by atoms with Crippen molar-refractivity contribution in [2.75, 3.05) is 0 Å². The zero-order valence-corrected chi connectivity index (χ0v) is 11.2. The number of aliphatic hydroxyl groups is 1. The highest BCUT2D eigenvalue weighted by Gasteiger charge is 2.13. The van der Waals surface area contributed by atoms with E-state index in [1.165, 1.54) is 0 Å². The summed E-state index contributed by atoms with van der Waals surface area (Å²) in [6, 6.07) is 7.88. The Morgan fingerprint density at radius 3 is 2.94 bits per heavy atom. The normalized spacial score (nSPS) is 11.2. The van der Waals surface area contributed by atoms with Gasteiger partial charge in [0.25, 0.3) is 0 Å². The first-order valence-corrected chi connectivity index (χ1v) is 6.78. The van der Waals surface area contributed by atoms with Crippen LogP contribution in [-0.2, 0) is 6.61 Å². The molecule has 3 nitrogen and oxygen atoms in total. The third kappa shape index (κ3) is 1.80. The number of fused-ring (bicyclic) bond motifs is 1. The van der Waals surface area contributed by atoms with Gasteiger partial charge in [0.15, 0.2) is 0 Å². The van der Waals surface area contributed by atoms with E-state index in [-0.39, 0.29) is 6.61 Å². The molecule has 0 unspecified atom stereocenters. The van der Waals surface area contributed by atoms with Crippen LogP contribution in [0.4, 0.5) is 0 Å². The third-order valence-electron chi connectivity index (χ3n) is 2.59. The van der Waals surface area contributed by atoms with Crippen LogP contribution in [0.25, 0.3) is 16.2 Å². The predicted molar refractivity (Wildman–Crippen MR) is 72.1 cm³/mol. The van der Waals surface area contributed by atoms with E-state index in [1.54, 1.807) is 11.3 Å². The molecule has 0 saturated carbocycles. The van der Waals surface area contributed by atoms with Crippen LogP contribution in [0.1, 0.15) is 5.69 Å². The molecule has 0 aromatic carbocycles. The van der Waals surface area contributed by atoms with E-state index in [1.807, 2.05) is 40.2 Å². The van der Waals surface area contributed by atoms with Crippen LogP contribution < -0.4 is 0 Å². The Bertz CT molecular complexity index is 661. The maximum absolute atomic E-state index is 9.52. The van der Waals surface area contributed by atoms with Crippen LogP contribution in [0, 0.1) is 0 Å². The Kier molecular flexibility index (Phi) is 2.74. The van der Waals surface area contributed by atoms with Gasteiger partial charge in [0, 0.05) is 10.7 Å². The van der Waals surface area contributed by atoms with Crippen LogP contribution in [0.2, 0.25) is 0 Å². The fourth-order valence-corrected chi connectivity index (χ4v) is 2.90. The fraction of sp³-hybridized carbons (Fsp3) is 0.0833. The van der Waals surface area contributed by atoms with Gasteiger partial charge in [-0.2, -0.15) is 0 Å². The largest absolute Gasteiger partial charge is 0.390 e. The summed E-state index contributed by atoms with van der Waals surface area (Å²) >= 11 is 5.05. The van der Waals surface area contributed by atoms with Gasteiger partial charge in [0.2, 0.25) is 0 Å². The highest BCUT2D eigenvalue weighted by atomic mass is 79.9. The van der Waals surface area contributed by atoms with Crippen molar-refractivity contribution in [3.63, 3.8) is 0 Å². The van der Waals surface area contributed by atoms with Crippen molar-refractivity contribution >= 4 is 32.9 Å². The van der Waals surface area contributed by atoms with E-state index in [0.29, 0.717) is 0 Å². The smallest absolute Gasteiger partial charge is 0.137 e. The zero-order valence-electron chi connectivity index (χ0n) is 8.80. The third-order valence-corrected chi connectivity index (χ3v) is 3.93. The number of hydrogen-bond donors (Lipinski definition) is 1. The van der Waals surface area contributed by atoms with Crippen molar-refractivity contribution in [1.29, 1.82) is 0 Å². The van der Waals surface area contributed by atoms with Gasteiger partial charge in [-0.25, -0.2) is 4.98 Å². The van der Waals surface area contributed by atoms with Crippen LogP contribution in [0.3, 0.4) is 0 Å². The Morgan fingerprint density at radius 2 is 2.24 bits per heavy atom. The second kappa shape index (κ2) is 4.25. The average Bonchev–Trinajstić information content (AvgIpc) is 2.94. The first-order chi connectivity index (χ1) is 8.29. The quantitative estimate of drug-likeness (QED) is 0.788. The van der Waals surface area contributed by atoms with E-state index < -0.39 is 0 Å². The molecule has 0 radical (unpaired) electrons. The second-order valence-corrected chi connectivity index (χ2v) is 5.48. The standard InChI is InChI=1S/C12H9BrN2OS/c13-8-3-4-11-14-12(10-2-1-5-17-10)9(7-16)15(11)6-8/h1-6,16H,7H2. The molecule has 0 aliphatic rings. The Labute approximate surface area is 110 Å². The van der Waals surface area contributed by atoms with Gasteiger partial charge in [0.05, 0.1) is 17.2 Å². The molecule has 5 heteroatoms. The van der Waals surface area contributed by atoms with Crippen LogP contribution in [0.5, 0.6) is 0 Å². The maximum atomic E-state index is 9.52. The SMILES string of the molecule is OCc1c(-c2cccs2)nc2ccc(Br)cn12. The lowest BCUT2D eigenvalue weighted by Crippen LogP contribution is -1.93. The highest BCUT2D eigenvalue weighted by molar-refractivity contribution is 9.10. The van der Waals surface area contributed by atoms with Gasteiger partial charge in [-0.15, -0.1) is 11.3 Å². The second-order valence-electron chi connectivity index (χ2n) is 3.62. The molecule has 3 aromatic heterocycles. The van der Waals surface area contributed by atoms with E-state index in [4.69, 9.17) is 0 Å². The molecule has 86 valence electrons. The molecule has 0 amide bonds. The number of thiophene rings is 1. The summed E-state index contributed by atoms with van der Waals surface area (Å²) in [4.78, 5) is 5.64. The summed E-state index contributed by atoms with van der Waals surface area (Å²) in [5.74, 6) is 0. The molecule has 17 heavy (non-hydrogen) atoms. The Hall–Kier alpha value is -1.17. The number of halogens is 1. The van der Waals surface area contributed by atoms with E-state index in [0.717, 1.165) is 26.4 Å². The van der Waals surface area contributed by atoms with E-state index >= 15 is 0 Å². The summed E-state index contributed by atoms with van der Waals surface area (Å²) < 4.78 is 2.88. The van der Waals surface area contributed by atoms with Crippen LogP contribution >= 0.6 is 27.3 Å². The number of rotatable bonds is 2. The molecule has 1 N–H and O–H groups in total. The molecule has 0 aliphatic carbocycles. The maximum Gasteiger partial charge on any atom is 0.137 e. The highest BCUT2D eigenvalue weighted by Crippen LogP contribution is 2.29. The predicted octanol–water partition coefficient (Wildman–Crippen LogP) is 3.32. The molecule has 0 spiro atoms. The first-order valence-electron chi connectivity index (χ1n) is 5.11. The Balaban J connectivity index is 2.32. The van der Waals surface area contributed by atoms with Gasteiger partial charge in [-0.3, -0.25) is 4.40 Å². The monoisotopic (exact) mass is 308 g/mol. The summed E-state index contributed by atoms with van der Waals surface area (Å²) in [6.45, 7) is -0.0230. The molecule has 0 bridgehead atoms. The molecule has 3 rings (SSSR count). The lowest BCUT2D eigenvalue weighted by atomic mass is 10.3. The number of aliphatic hydroxyl groups excluding tert-OH is 1. The van der Waals surface area contributed by atoms with Gasteiger partial charge in [-0.05, 0) is 39.5 Å². The van der Waals surface area contributed by atoms with E-state index in [9.17, 15) is 5.11 Å². The summed E-state index contributed by atoms with van der Waals surface area (Å²) in [5, 5.41) is 11.5. The van der Waals surface area contributed by atoms with Crippen molar-refractivity contribution in [3.8, 4) is 10.6 Å². The molecule has 3 heterocycles. The number of nitrogens with zero attached hydrogens (tertiary/aromatic N) is 2. The van der Waals surface area contributed by atoms with E-state index in [2.05, 4.69) is 20.9 Å². The summed E-state index contributed by atoms with van der Waals surface area (Å²) in [5.41, 5.74) is 2.53. The molecular formula is C12H9BrN2OS. The van der Waals surface area contributed by atoms with Crippen molar-refractivity contribution in [3.05, 3.63) is 46.0 Å². The van der Waals surface area contributed by atoms with Gasteiger partial charge < -0.3 is 5.11 Å². The Morgan fingerprint density at radius 1 is 1.35 bits per heavy atom. The molecule has 0 aliphatic heterocycles. The zero-order chi connectivity index (χ0) is 11.8. The van der Waals surface area contributed by atoms with Crippen LogP contribution in [-0.4, -0.2) is 14.5 Å². The van der Waals surface area contributed by atoms with Crippen LogP contribution in [0.15, 0.2) is 40.3 Å².